The van der Waals surface area contributed by atoms with Gasteiger partial charge in [0.2, 0.25) is 0 Å². The van der Waals surface area contributed by atoms with Gasteiger partial charge < -0.3 is 15.1 Å². The Morgan fingerprint density at radius 3 is 2.73 bits per heavy atom. The summed E-state index contributed by atoms with van der Waals surface area (Å²) in [7, 11) is 0. The van der Waals surface area contributed by atoms with Crippen molar-refractivity contribution in [2.24, 2.45) is 5.92 Å². The van der Waals surface area contributed by atoms with Crippen molar-refractivity contribution in [3.8, 4) is 0 Å². The Balaban J connectivity index is 2.05. The third-order valence-electron chi connectivity index (χ3n) is 2.75. The van der Waals surface area contributed by atoms with Gasteiger partial charge in [-0.1, -0.05) is 0 Å². The lowest BCUT2D eigenvalue weighted by atomic mass is 9.92. The van der Waals surface area contributed by atoms with Gasteiger partial charge in [-0.25, -0.2) is 4.79 Å². The lowest BCUT2D eigenvalue weighted by Crippen LogP contribution is -2.59. The fourth-order valence-electron chi connectivity index (χ4n) is 2.14. The third-order valence-corrected chi connectivity index (χ3v) is 2.75. The lowest BCUT2D eigenvalue weighted by Gasteiger charge is -2.43. The number of aliphatic hydroxyl groups is 1. The van der Waals surface area contributed by atoms with E-state index >= 15 is 0 Å². The Morgan fingerprint density at radius 2 is 2.18 bits per heavy atom. The molecule has 0 radical (unpaired) electrons. The summed E-state index contributed by atoms with van der Waals surface area (Å²) in [6.07, 6.45) is 0.436. The Labute approximate surface area is 64.4 Å². The van der Waals surface area contributed by atoms with E-state index < -0.39 is 12.2 Å². The van der Waals surface area contributed by atoms with Crippen LogP contribution in [-0.2, 0) is 0 Å². The fourth-order valence-corrected chi connectivity index (χ4v) is 2.14. The second-order valence-electron chi connectivity index (χ2n) is 3.33. The van der Waals surface area contributed by atoms with Crippen molar-refractivity contribution in [1.82, 2.24) is 4.90 Å². The maximum atomic E-state index is 10.5. The molecule has 1 saturated carbocycles. The van der Waals surface area contributed by atoms with E-state index in [0.29, 0.717) is 12.5 Å². The zero-order chi connectivity index (χ0) is 8.01. The molecule has 2 fully saturated rings. The maximum absolute atomic E-state index is 10.5. The molecule has 62 valence electrons. The topological polar surface area (TPSA) is 60.8 Å². The monoisotopic (exact) mass is 157 g/mol. The predicted molar refractivity (Wildman–Crippen MR) is 37.2 cm³/mol. The van der Waals surface area contributed by atoms with E-state index in [1.807, 2.05) is 0 Å². The van der Waals surface area contributed by atoms with Crippen molar-refractivity contribution < 1.29 is 15.0 Å². The fraction of sp³-hybridized carbons (Fsp3) is 0.857. The minimum Gasteiger partial charge on any atom is -0.465 e. The van der Waals surface area contributed by atoms with E-state index in [2.05, 4.69) is 0 Å². The van der Waals surface area contributed by atoms with Crippen LogP contribution >= 0.6 is 0 Å². The van der Waals surface area contributed by atoms with Crippen molar-refractivity contribution in [3.63, 3.8) is 0 Å². The highest BCUT2D eigenvalue weighted by Crippen LogP contribution is 2.38. The van der Waals surface area contributed by atoms with Gasteiger partial charge in [-0.3, -0.25) is 0 Å². The van der Waals surface area contributed by atoms with Crippen LogP contribution in [0.1, 0.15) is 12.8 Å². The van der Waals surface area contributed by atoms with Gasteiger partial charge in [0, 0.05) is 6.54 Å². The summed E-state index contributed by atoms with van der Waals surface area (Å²) >= 11 is 0. The number of hydrogen-bond donors (Lipinski definition) is 2. The van der Waals surface area contributed by atoms with Gasteiger partial charge in [-0.15, -0.1) is 0 Å². The molecule has 1 heterocycles. The first-order chi connectivity index (χ1) is 5.20. The van der Waals surface area contributed by atoms with E-state index in [-0.39, 0.29) is 6.04 Å². The number of rotatable bonds is 0. The molecule has 2 aliphatic rings. The average Bonchev–Trinajstić information content (AvgIpc) is 2.06. The van der Waals surface area contributed by atoms with Gasteiger partial charge in [0.25, 0.3) is 0 Å². The summed E-state index contributed by atoms with van der Waals surface area (Å²) in [5.74, 6) is 0.432. The van der Waals surface area contributed by atoms with Crippen LogP contribution in [0.2, 0.25) is 0 Å². The molecule has 0 aromatic rings. The SMILES string of the molecule is O=C(O)N1CC2CCC(O)C21. The molecular formula is C7H11NO3. The zero-order valence-corrected chi connectivity index (χ0v) is 6.10. The number of likely N-dealkylation sites (tertiary alicyclic amines) is 1. The molecule has 1 saturated heterocycles. The summed E-state index contributed by atoms with van der Waals surface area (Å²) < 4.78 is 0. The van der Waals surface area contributed by atoms with Crippen molar-refractivity contribution in [2.45, 2.75) is 25.0 Å². The van der Waals surface area contributed by atoms with Crippen LogP contribution in [0, 0.1) is 5.92 Å². The molecule has 4 heteroatoms. The van der Waals surface area contributed by atoms with E-state index in [1.165, 1.54) is 4.90 Å². The number of amides is 1. The molecule has 3 atom stereocenters. The highest BCUT2D eigenvalue weighted by molar-refractivity contribution is 5.67. The van der Waals surface area contributed by atoms with Crippen molar-refractivity contribution in [3.05, 3.63) is 0 Å². The highest BCUT2D eigenvalue weighted by atomic mass is 16.4. The minimum atomic E-state index is -0.896. The zero-order valence-electron chi connectivity index (χ0n) is 6.10. The molecule has 0 bridgehead atoms. The molecule has 0 aromatic heterocycles. The minimum absolute atomic E-state index is 0.0903. The highest BCUT2D eigenvalue weighted by Gasteiger charge is 2.49. The number of nitrogens with zero attached hydrogens (tertiary/aromatic N) is 1. The summed E-state index contributed by atoms with van der Waals surface area (Å²) in [5, 5.41) is 17.9. The molecule has 2 rings (SSSR count). The van der Waals surface area contributed by atoms with Crippen molar-refractivity contribution in [2.75, 3.05) is 6.54 Å². The molecule has 1 aliphatic carbocycles. The van der Waals surface area contributed by atoms with Crippen LogP contribution in [0.4, 0.5) is 4.79 Å². The Bertz CT molecular complexity index is 188. The van der Waals surface area contributed by atoms with Crippen LogP contribution in [0.15, 0.2) is 0 Å². The standard InChI is InChI=1S/C7H11NO3/c9-5-2-1-4-3-8(6(4)5)7(10)11/h4-6,9H,1-3H2,(H,10,11). The Morgan fingerprint density at radius 1 is 1.45 bits per heavy atom. The largest absolute Gasteiger partial charge is 0.465 e. The maximum Gasteiger partial charge on any atom is 0.407 e. The molecule has 3 unspecified atom stereocenters. The van der Waals surface area contributed by atoms with Crippen LogP contribution in [0.25, 0.3) is 0 Å². The smallest absolute Gasteiger partial charge is 0.407 e. The molecule has 0 spiro atoms. The third kappa shape index (κ3) is 0.822. The number of fused-ring (bicyclic) bond motifs is 1. The van der Waals surface area contributed by atoms with Gasteiger partial charge in [0.1, 0.15) is 0 Å². The van der Waals surface area contributed by atoms with E-state index in [1.54, 1.807) is 0 Å². The summed E-state index contributed by atoms with van der Waals surface area (Å²) in [6.45, 7) is 0.622. The van der Waals surface area contributed by atoms with Crippen molar-refractivity contribution in [1.29, 1.82) is 0 Å². The molecule has 1 amide bonds. The van der Waals surface area contributed by atoms with Crippen LogP contribution in [-0.4, -0.2) is 39.9 Å². The van der Waals surface area contributed by atoms with Crippen LogP contribution in [0.5, 0.6) is 0 Å². The second kappa shape index (κ2) is 2.11. The lowest BCUT2D eigenvalue weighted by molar-refractivity contribution is -0.0122. The first-order valence-corrected chi connectivity index (χ1v) is 3.88. The van der Waals surface area contributed by atoms with E-state index in [4.69, 9.17) is 5.11 Å². The Kier molecular flexibility index (Phi) is 1.32. The first kappa shape index (κ1) is 6.91. The molecule has 1 aliphatic heterocycles. The number of carbonyl (C=O) groups is 1. The normalized spacial score (nSPS) is 41.5. The molecule has 4 nitrogen and oxygen atoms in total. The van der Waals surface area contributed by atoms with Crippen molar-refractivity contribution >= 4 is 6.09 Å². The first-order valence-electron chi connectivity index (χ1n) is 3.88. The number of carboxylic acid groups (broad SMARTS) is 1. The average molecular weight is 157 g/mol. The summed E-state index contributed by atoms with van der Waals surface area (Å²) in [6, 6.07) is -0.0903. The van der Waals surface area contributed by atoms with Crippen LogP contribution in [0.3, 0.4) is 0 Å². The quantitative estimate of drug-likeness (QED) is 0.525. The molecule has 2 N–H and O–H groups in total. The van der Waals surface area contributed by atoms with Gasteiger partial charge in [-0.2, -0.15) is 0 Å². The number of hydrogen-bond acceptors (Lipinski definition) is 2. The second-order valence-corrected chi connectivity index (χ2v) is 3.33. The van der Waals surface area contributed by atoms with E-state index in [0.717, 1.165) is 12.8 Å². The van der Waals surface area contributed by atoms with Gasteiger partial charge in [-0.05, 0) is 18.8 Å². The summed E-state index contributed by atoms with van der Waals surface area (Å²) in [5.41, 5.74) is 0. The van der Waals surface area contributed by atoms with Gasteiger partial charge >= 0.3 is 6.09 Å². The van der Waals surface area contributed by atoms with Gasteiger partial charge in [0.15, 0.2) is 0 Å². The molecule has 0 aromatic carbocycles. The molecule has 11 heavy (non-hydrogen) atoms. The molecular weight excluding hydrogens is 146 g/mol. The summed E-state index contributed by atoms with van der Waals surface area (Å²) in [4.78, 5) is 11.8. The Hall–Kier alpha value is -0.770. The predicted octanol–water partition coefficient (Wildman–Crippen LogP) is 0.120. The van der Waals surface area contributed by atoms with Crippen LogP contribution < -0.4 is 0 Å². The number of aliphatic hydroxyl groups excluding tert-OH is 1. The van der Waals surface area contributed by atoms with E-state index in [9.17, 15) is 9.90 Å². The van der Waals surface area contributed by atoms with Gasteiger partial charge in [0.05, 0.1) is 12.1 Å².